The van der Waals surface area contributed by atoms with Gasteiger partial charge in [-0.3, -0.25) is 4.98 Å². The Hall–Kier alpha value is -3.67. The summed E-state index contributed by atoms with van der Waals surface area (Å²) in [5.41, 5.74) is 3.74. The molecule has 6 rings (SSSR count). The summed E-state index contributed by atoms with van der Waals surface area (Å²) in [4.78, 5) is 30.4. The fourth-order valence-corrected chi connectivity index (χ4v) is 8.22. The van der Waals surface area contributed by atoms with Crippen molar-refractivity contribution in [1.29, 1.82) is 0 Å². The fourth-order valence-electron chi connectivity index (χ4n) is 7.08. The first-order chi connectivity index (χ1) is 28.0. The molecule has 0 bridgehead atoms. The van der Waals surface area contributed by atoms with Crippen LogP contribution in [0.15, 0.2) is 65.8 Å². The molecule has 3 aliphatic rings. The van der Waals surface area contributed by atoms with Gasteiger partial charge in [-0.05, 0) is 111 Å². The van der Waals surface area contributed by atoms with Crippen LogP contribution in [0, 0.1) is 0 Å². The number of carbonyl (C=O) groups excluding carboxylic acids is 2. The molecule has 0 saturated heterocycles. The number of nitrogens with zero attached hydrogens (tertiary/aromatic N) is 1. The van der Waals surface area contributed by atoms with Gasteiger partial charge in [0, 0.05) is 58.6 Å². The summed E-state index contributed by atoms with van der Waals surface area (Å²) in [6.45, 7) is -0.209. The van der Waals surface area contributed by atoms with E-state index in [1.54, 1.807) is 11.8 Å². The van der Waals surface area contributed by atoms with Gasteiger partial charge in [-0.2, -0.15) is 0 Å². The first kappa shape index (κ1) is 43.9. The predicted molar refractivity (Wildman–Crippen MR) is 221 cm³/mol. The average molecular weight is 842 g/mol. The van der Waals surface area contributed by atoms with Crippen LogP contribution in [0.5, 0.6) is 5.75 Å². The molecule has 4 amide bonds. The van der Waals surface area contributed by atoms with Crippen molar-refractivity contribution in [2.75, 3.05) is 25.4 Å². The minimum absolute atomic E-state index is 0.0133. The van der Waals surface area contributed by atoms with Gasteiger partial charge in [-0.15, -0.1) is 11.8 Å². The molecule has 4 atom stereocenters. The highest BCUT2D eigenvalue weighted by Crippen LogP contribution is 2.53. The van der Waals surface area contributed by atoms with E-state index in [1.165, 1.54) is 0 Å². The smallest absolute Gasteiger partial charge is 0.315 e. The monoisotopic (exact) mass is 841 g/mol. The molecule has 3 fully saturated rings. The second kappa shape index (κ2) is 21.0. The van der Waals surface area contributed by atoms with Gasteiger partial charge in [0.25, 0.3) is 0 Å². The van der Waals surface area contributed by atoms with Crippen LogP contribution in [0.3, 0.4) is 0 Å². The summed E-state index contributed by atoms with van der Waals surface area (Å²) in [5.74, 6) is 1.78. The summed E-state index contributed by atoms with van der Waals surface area (Å²) in [5, 5.41) is 59.8. The Balaban J connectivity index is 0.857. The molecule has 0 unspecified atom stereocenters. The number of aliphatic hydroxyl groups is 5. The van der Waals surface area contributed by atoms with Gasteiger partial charge in [0.05, 0.1) is 31.0 Å². The van der Waals surface area contributed by atoms with Crippen LogP contribution in [-0.4, -0.2) is 111 Å². The zero-order valence-corrected chi connectivity index (χ0v) is 34.1. The van der Waals surface area contributed by atoms with Crippen molar-refractivity contribution < 1.29 is 44.6 Å². The van der Waals surface area contributed by atoms with Crippen LogP contribution in [0.1, 0.15) is 75.3 Å². The van der Waals surface area contributed by atoms with E-state index in [0.29, 0.717) is 50.0 Å². The van der Waals surface area contributed by atoms with E-state index in [1.807, 2.05) is 42.7 Å². The van der Waals surface area contributed by atoms with Gasteiger partial charge < -0.3 is 56.3 Å². The Morgan fingerprint density at radius 2 is 1.55 bits per heavy atom. The number of halogens is 1. The van der Waals surface area contributed by atoms with Crippen molar-refractivity contribution in [3.63, 3.8) is 0 Å². The van der Waals surface area contributed by atoms with Crippen molar-refractivity contribution in [3.05, 3.63) is 77.1 Å². The van der Waals surface area contributed by atoms with Crippen molar-refractivity contribution in [2.45, 2.75) is 124 Å². The molecular weight excluding hydrogens is 786 g/mol. The van der Waals surface area contributed by atoms with E-state index >= 15 is 0 Å². The minimum Gasteiger partial charge on any atom is -0.490 e. The molecule has 3 aliphatic carbocycles. The average Bonchev–Trinajstić information content (AvgIpc) is 4.19. The maximum Gasteiger partial charge on any atom is 0.315 e. The maximum absolute atomic E-state index is 12.5. The number of pyridine rings is 1. The number of ether oxygens (including phenoxy) is 2. The van der Waals surface area contributed by atoms with Gasteiger partial charge in [0.2, 0.25) is 0 Å². The topological polar surface area (TPSA) is 215 Å². The molecule has 9 N–H and O–H groups in total. The lowest BCUT2D eigenvalue weighted by Gasteiger charge is -2.30. The molecule has 3 aromatic rings. The highest BCUT2D eigenvalue weighted by Gasteiger charge is 2.48. The van der Waals surface area contributed by atoms with Crippen molar-refractivity contribution in [2.24, 2.45) is 0 Å². The first-order valence-electron chi connectivity index (χ1n) is 20.2. The largest absolute Gasteiger partial charge is 0.490 e. The molecule has 0 radical (unpaired) electrons. The van der Waals surface area contributed by atoms with Gasteiger partial charge in [0.15, 0.2) is 0 Å². The standard InChI is InChI=1S/C42H56ClN5O9S/c43-34-14-13-30(21-26(34)25-56-42(16-17-42)33-22-44-19-15-31(33)32-5-1-2-6-37(32)57-29-11-12-29)58-20-4-3-18-45-40(54)47-27-7-9-28(10-8-27)48-41(55)46-23-35(50)38(52)39(53)36(51)24-49/h1-2,5-6,13-15,19,21-22,27-29,35-36,38-39,49-53H,3-4,7-12,16-18,20,23-25H2,(H2,45,47,54)(H2,46,48,55)/t27-,28+,35-,36+,38+,39+/m0/s1. The highest BCUT2D eigenvalue weighted by molar-refractivity contribution is 7.99. The molecule has 0 spiro atoms. The van der Waals surface area contributed by atoms with Crippen LogP contribution in [0.2, 0.25) is 5.02 Å². The number of nitrogens with one attached hydrogen (secondary N) is 4. The SMILES string of the molecule is O=C(NCCCCSc1ccc(Cl)c(COC2(c3cnccc3-c3ccccc3OC3CC3)CC2)c1)N[C@H]1CC[C@@H](NC(=O)NC[C@H](O)[C@@H](O)[C@H](O)[C@H](O)CO)CC1. The van der Waals surface area contributed by atoms with Gasteiger partial charge >= 0.3 is 12.1 Å². The van der Waals surface area contributed by atoms with E-state index in [4.69, 9.17) is 26.2 Å². The third-order valence-corrected chi connectivity index (χ3v) is 12.3. The summed E-state index contributed by atoms with van der Waals surface area (Å²) in [7, 11) is 0. The Bertz CT molecular complexity index is 1810. The summed E-state index contributed by atoms with van der Waals surface area (Å²) in [6.07, 6.45) is 5.79. The number of benzene rings is 2. The number of unbranched alkanes of at least 4 members (excludes halogenated alkanes) is 1. The zero-order valence-electron chi connectivity index (χ0n) is 32.5. The molecule has 1 aromatic heterocycles. The summed E-state index contributed by atoms with van der Waals surface area (Å²) >= 11 is 8.40. The van der Waals surface area contributed by atoms with Crippen molar-refractivity contribution >= 4 is 35.4 Å². The molecule has 1 heterocycles. The molecule has 2 aromatic carbocycles. The van der Waals surface area contributed by atoms with E-state index < -0.39 is 42.7 Å². The Labute approximate surface area is 348 Å². The van der Waals surface area contributed by atoms with E-state index in [9.17, 15) is 30.0 Å². The highest BCUT2D eigenvalue weighted by atomic mass is 35.5. The third kappa shape index (κ3) is 12.4. The predicted octanol–water partition coefficient (Wildman–Crippen LogP) is 4.37. The molecule has 58 heavy (non-hydrogen) atoms. The molecule has 16 heteroatoms. The number of hydrogen-bond donors (Lipinski definition) is 9. The van der Waals surface area contributed by atoms with Gasteiger partial charge in [-0.1, -0.05) is 29.8 Å². The number of amides is 4. The van der Waals surface area contributed by atoms with E-state index in [2.05, 4.69) is 44.5 Å². The van der Waals surface area contributed by atoms with Crippen LogP contribution >= 0.6 is 23.4 Å². The second-order valence-corrected chi connectivity index (χ2v) is 17.0. The number of para-hydroxylation sites is 1. The number of thioether (sulfide) groups is 1. The zero-order chi connectivity index (χ0) is 41.1. The van der Waals surface area contributed by atoms with Crippen LogP contribution in [0.4, 0.5) is 9.59 Å². The number of rotatable bonds is 21. The van der Waals surface area contributed by atoms with Gasteiger partial charge in [-0.25, -0.2) is 9.59 Å². The first-order valence-corrected chi connectivity index (χ1v) is 21.6. The normalized spacial score (nSPS) is 20.6. The lowest BCUT2D eigenvalue weighted by molar-refractivity contribution is -0.113. The minimum atomic E-state index is -1.76. The van der Waals surface area contributed by atoms with Crippen LogP contribution in [0.25, 0.3) is 11.1 Å². The fraction of sp³-hybridized carbons (Fsp3) is 0.548. The number of carbonyl (C=O) groups is 2. The molecule has 316 valence electrons. The number of hydrogen-bond acceptors (Lipinski definition) is 11. The number of urea groups is 2. The number of aliphatic hydroxyl groups excluding tert-OH is 5. The second-order valence-electron chi connectivity index (χ2n) is 15.4. The molecule has 14 nitrogen and oxygen atoms in total. The van der Waals surface area contributed by atoms with Gasteiger partial charge in [0.1, 0.15) is 24.1 Å². The lowest BCUT2D eigenvalue weighted by atomic mass is 9.91. The Kier molecular flexibility index (Phi) is 15.9. The van der Waals surface area contributed by atoms with Crippen molar-refractivity contribution in [1.82, 2.24) is 26.3 Å². The molecular formula is C42H56ClN5O9S. The summed E-state index contributed by atoms with van der Waals surface area (Å²) < 4.78 is 12.9. The van der Waals surface area contributed by atoms with Crippen molar-refractivity contribution in [3.8, 4) is 16.9 Å². The van der Waals surface area contributed by atoms with Crippen LogP contribution < -0.4 is 26.0 Å². The molecule has 0 aliphatic heterocycles. The van der Waals surface area contributed by atoms with Crippen LogP contribution in [-0.2, 0) is 16.9 Å². The number of aromatic nitrogens is 1. The van der Waals surface area contributed by atoms with E-state index in [-0.39, 0.29) is 24.7 Å². The lowest BCUT2D eigenvalue weighted by Crippen LogP contribution is -2.52. The van der Waals surface area contributed by atoms with E-state index in [0.717, 1.165) is 77.2 Å². The maximum atomic E-state index is 12.5. The molecule has 3 saturated carbocycles. The summed E-state index contributed by atoms with van der Waals surface area (Å²) in [6, 6.07) is 15.4. The Morgan fingerprint density at radius 3 is 2.24 bits per heavy atom. The Morgan fingerprint density at radius 1 is 0.862 bits per heavy atom. The quantitative estimate of drug-likeness (QED) is 0.0543. The third-order valence-electron chi connectivity index (χ3n) is 10.9.